The topological polar surface area (TPSA) is 41.9 Å². The van der Waals surface area contributed by atoms with Gasteiger partial charge in [-0.1, -0.05) is 60.5 Å². The summed E-state index contributed by atoms with van der Waals surface area (Å²) in [5.41, 5.74) is 2.90. The molecule has 1 aliphatic heterocycles. The third-order valence-corrected chi connectivity index (χ3v) is 5.57. The highest BCUT2D eigenvalue weighted by Gasteiger charge is 2.31. The first-order chi connectivity index (χ1) is 13.7. The molecule has 0 N–H and O–H groups in total. The molecule has 0 spiro atoms. The number of oxime groups is 1. The van der Waals surface area contributed by atoms with Crippen molar-refractivity contribution in [3.63, 3.8) is 0 Å². The van der Waals surface area contributed by atoms with Gasteiger partial charge in [0, 0.05) is 18.9 Å². The Kier molecular flexibility index (Phi) is 5.70. The summed E-state index contributed by atoms with van der Waals surface area (Å²) in [5.74, 6) is 0.00685. The average Bonchev–Trinajstić information content (AvgIpc) is 3.42. The van der Waals surface area contributed by atoms with E-state index in [4.69, 9.17) is 4.84 Å². The molecule has 1 fully saturated rings. The van der Waals surface area contributed by atoms with Gasteiger partial charge in [-0.3, -0.25) is 4.79 Å². The Hall–Kier alpha value is -2.69. The van der Waals surface area contributed by atoms with E-state index in [-0.39, 0.29) is 23.7 Å². The molecule has 0 saturated heterocycles. The molecule has 146 valence electrons. The Morgan fingerprint density at radius 2 is 1.79 bits per heavy atom. The second-order valence-electron chi connectivity index (χ2n) is 7.66. The van der Waals surface area contributed by atoms with Gasteiger partial charge in [-0.15, -0.1) is 0 Å². The maximum Gasteiger partial charge on any atom is 0.226 e. The highest BCUT2D eigenvalue weighted by atomic mass is 19.1. The van der Waals surface area contributed by atoms with E-state index >= 15 is 0 Å². The minimum Gasteiger partial charge on any atom is -0.390 e. The van der Waals surface area contributed by atoms with Gasteiger partial charge in [0.1, 0.15) is 5.82 Å². The molecule has 1 heterocycles. The van der Waals surface area contributed by atoms with E-state index < -0.39 is 0 Å². The van der Waals surface area contributed by atoms with E-state index in [1.54, 1.807) is 12.1 Å². The molecule has 0 unspecified atom stereocenters. The zero-order chi connectivity index (χ0) is 19.3. The summed E-state index contributed by atoms with van der Waals surface area (Å²) in [7, 11) is 0. The van der Waals surface area contributed by atoms with E-state index in [1.165, 1.54) is 12.1 Å². The lowest BCUT2D eigenvalue weighted by Gasteiger charge is -2.27. The third kappa shape index (κ3) is 4.41. The number of carbonyl (C=O) groups excluding carboxylic acids is 1. The third-order valence-electron chi connectivity index (χ3n) is 5.57. The first-order valence-electron chi connectivity index (χ1n) is 10.0. The van der Waals surface area contributed by atoms with Gasteiger partial charge in [0.2, 0.25) is 5.91 Å². The highest BCUT2D eigenvalue weighted by molar-refractivity contribution is 6.01. The summed E-state index contributed by atoms with van der Waals surface area (Å²) in [6.45, 7) is 0.961. The Balaban J connectivity index is 1.44. The van der Waals surface area contributed by atoms with Crippen LogP contribution in [0.3, 0.4) is 0 Å². The summed E-state index contributed by atoms with van der Waals surface area (Å²) in [4.78, 5) is 20.6. The van der Waals surface area contributed by atoms with E-state index in [2.05, 4.69) is 5.16 Å². The number of halogens is 1. The minimum atomic E-state index is -0.266. The number of hydrogen-bond donors (Lipinski definition) is 0. The van der Waals surface area contributed by atoms with Crippen molar-refractivity contribution in [2.75, 3.05) is 6.54 Å². The zero-order valence-electron chi connectivity index (χ0n) is 15.9. The lowest BCUT2D eigenvalue weighted by molar-refractivity contribution is -0.137. The summed E-state index contributed by atoms with van der Waals surface area (Å²) < 4.78 is 13.2. The van der Waals surface area contributed by atoms with Crippen molar-refractivity contribution < 1.29 is 14.0 Å². The maximum absolute atomic E-state index is 13.2. The van der Waals surface area contributed by atoms with Crippen molar-refractivity contribution in [1.29, 1.82) is 0 Å². The summed E-state index contributed by atoms with van der Waals surface area (Å²) in [5, 5.41) is 4.25. The van der Waals surface area contributed by atoms with Crippen LogP contribution in [0, 0.1) is 11.7 Å². The predicted molar refractivity (Wildman–Crippen MR) is 106 cm³/mol. The second-order valence-corrected chi connectivity index (χ2v) is 7.66. The van der Waals surface area contributed by atoms with Crippen LogP contribution < -0.4 is 0 Å². The van der Waals surface area contributed by atoms with Gasteiger partial charge in [-0.25, -0.2) is 4.39 Å². The maximum atomic E-state index is 13.2. The van der Waals surface area contributed by atoms with Gasteiger partial charge in [0.25, 0.3) is 0 Å². The second kappa shape index (κ2) is 8.55. The molecule has 1 amide bonds. The molecule has 1 atom stereocenters. The Bertz CT molecular complexity index is 829. The molecule has 1 aliphatic carbocycles. The summed E-state index contributed by atoms with van der Waals surface area (Å²) >= 11 is 0. The molecule has 0 radical (unpaired) electrons. The quantitative estimate of drug-likeness (QED) is 0.738. The van der Waals surface area contributed by atoms with Gasteiger partial charge in [-0.05, 0) is 36.1 Å². The molecule has 0 bridgehead atoms. The first-order valence-corrected chi connectivity index (χ1v) is 10.0. The SMILES string of the molecule is O=C(C1CCCC1)N(Cc1ccc(F)cc1)C[C@@H]1CC(c2ccccc2)=NO1. The van der Waals surface area contributed by atoms with Crippen molar-refractivity contribution in [1.82, 2.24) is 4.90 Å². The average molecular weight is 380 g/mol. The molecular formula is C23H25FN2O2. The lowest BCUT2D eigenvalue weighted by atomic mass is 10.0. The lowest BCUT2D eigenvalue weighted by Crippen LogP contribution is -2.40. The van der Waals surface area contributed by atoms with Crippen molar-refractivity contribution in [2.24, 2.45) is 11.1 Å². The van der Waals surface area contributed by atoms with Gasteiger partial charge in [0.15, 0.2) is 6.10 Å². The van der Waals surface area contributed by atoms with Crippen LogP contribution >= 0.6 is 0 Å². The number of carbonyl (C=O) groups is 1. The van der Waals surface area contributed by atoms with E-state index in [0.29, 0.717) is 19.5 Å². The molecular weight excluding hydrogens is 355 g/mol. The summed E-state index contributed by atoms with van der Waals surface area (Å²) in [6, 6.07) is 16.3. The molecule has 0 aromatic heterocycles. The fraction of sp³-hybridized carbons (Fsp3) is 0.391. The number of benzene rings is 2. The van der Waals surface area contributed by atoms with Crippen molar-refractivity contribution in [2.45, 2.75) is 44.8 Å². The normalized spacial score (nSPS) is 19.3. The Morgan fingerprint density at radius 1 is 1.07 bits per heavy atom. The fourth-order valence-electron chi connectivity index (χ4n) is 4.05. The molecule has 2 aromatic rings. The number of hydrogen-bond acceptors (Lipinski definition) is 3. The van der Waals surface area contributed by atoms with E-state index in [9.17, 15) is 9.18 Å². The van der Waals surface area contributed by atoms with Crippen molar-refractivity contribution in [3.05, 3.63) is 71.5 Å². The van der Waals surface area contributed by atoms with Crippen LogP contribution in [-0.4, -0.2) is 29.2 Å². The molecule has 2 aliphatic rings. The van der Waals surface area contributed by atoms with Gasteiger partial charge in [0.05, 0.1) is 12.3 Å². The largest absolute Gasteiger partial charge is 0.390 e. The van der Waals surface area contributed by atoms with Crippen LogP contribution in [0.1, 0.15) is 43.2 Å². The van der Waals surface area contributed by atoms with Crippen LogP contribution in [-0.2, 0) is 16.2 Å². The molecule has 5 heteroatoms. The minimum absolute atomic E-state index is 0.0939. The van der Waals surface area contributed by atoms with Crippen LogP contribution in [0.25, 0.3) is 0 Å². The fourth-order valence-corrected chi connectivity index (χ4v) is 4.05. The molecule has 28 heavy (non-hydrogen) atoms. The number of nitrogens with zero attached hydrogens (tertiary/aromatic N) is 2. The number of amides is 1. The van der Waals surface area contributed by atoms with Crippen LogP contribution in [0.4, 0.5) is 4.39 Å². The van der Waals surface area contributed by atoms with E-state index in [0.717, 1.165) is 42.5 Å². The Labute approximate surface area is 165 Å². The summed E-state index contributed by atoms with van der Waals surface area (Å²) in [6.07, 6.45) is 4.67. The van der Waals surface area contributed by atoms with Gasteiger partial charge >= 0.3 is 0 Å². The van der Waals surface area contributed by atoms with Crippen molar-refractivity contribution in [3.8, 4) is 0 Å². The van der Waals surface area contributed by atoms with Crippen molar-refractivity contribution >= 4 is 11.6 Å². The van der Waals surface area contributed by atoms with Crippen LogP contribution in [0.15, 0.2) is 59.8 Å². The van der Waals surface area contributed by atoms with Gasteiger partial charge in [-0.2, -0.15) is 0 Å². The predicted octanol–water partition coefficient (Wildman–Crippen LogP) is 4.54. The molecule has 4 rings (SSSR count). The molecule has 1 saturated carbocycles. The van der Waals surface area contributed by atoms with Crippen LogP contribution in [0.5, 0.6) is 0 Å². The van der Waals surface area contributed by atoms with E-state index in [1.807, 2.05) is 35.2 Å². The van der Waals surface area contributed by atoms with Gasteiger partial charge < -0.3 is 9.74 Å². The standard InChI is InChI=1S/C23H25FN2O2/c24-20-12-10-17(11-13-20)15-26(23(27)19-8-4-5-9-19)16-21-14-22(25-28-21)18-6-2-1-3-7-18/h1-3,6-7,10-13,19,21H,4-5,8-9,14-16H2/t21-/m0/s1. The monoisotopic (exact) mass is 380 g/mol. The highest BCUT2D eigenvalue weighted by Crippen LogP contribution is 2.28. The molecule has 4 nitrogen and oxygen atoms in total. The zero-order valence-corrected chi connectivity index (χ0v) is 15.9. The Morgan fingerprint density at radius 3 is 2.50 bits per heavy atom. The smallest absolute Gasteiger partial charge is 0.226 e. The molecule has 2 aromatic carbocycles. The first kappa shape index (κ1) is 18.7. The number of rotatable bonds is 6. The van der Waals surface area contributed by atoms with Crippen LogP contribution in [0.2, 0.25) is 0 Å².